The van der Waals surface area contributed by atoms with Crippen LogP contribution in [0.15, 0.2) is 48.5 Å². The van der Waals surface area contributed by atoms with Crippen molar-refractivity contribution < 1.29 is 27.9 Å². The largest absolute Gasteiger partial charge is 0.481 e. The van der Waals surface area contributed by atoms with E-state index in [2.05, 4.69) is 0 Å². The van der Waals surface area contributed by atoms with Crippen LogP contribution in [-0.2, 0) is 24.2 Å². The van der Waals surface area contributed by atoms with E-state index in [1.165, 1.54) is 0 Å². The minimum atomic E-state index is -3.48. The summed E-state index contributed by atoms with van der Waals surface area (Å²) in [4.78, 5) is 27.1. The van der Waals surface area contributed by atoms with Crippen LogP contribution in [0, 0.1) is 0 Å². The Morgan fingerprint density at radius 3 is 2.35 bits per heavy atom. The van der Waals surface area contributed by atoms with E-state index in [1.54, 1.807) is 47.4 Å². The van der Waals surface area contributed by atoms with Crippen LogP contribution >= 0.6 is 23.2 Å². The Morgan fingerprint density at radius 1 is 1.08 bits per heavy atom. The normalized spacial score (nSPS) is 23.8. The molecule has 4 atom stereocenters. The molecule has 0 aromatic heterocycles. The Morgan fingerprint density at radius 2 is 1.76 bits per heavy atom. The molecule has 10 heteroatoms. The molecule has 0 radical (unpaired) electrons. The van der Waals surface area contributed by atoms with Gasteiger partial charge in [-0.25, -0.2) is 8.42 Å². The van der Waals surface area contributed by atoms with Crippen LogP contribution in [0.1, 0.15) is 68.7 Å². The summed E-state index contributed by atoms with van der Waals surface area (Å²) in [5.41, 5.74) is 1.36. The smallest absolute Gasteiger partial charge is 0.306 e. The Balaban J connectivity index is 1.83. The number of benzene rings is 2. The average Bonchev–Trinajstić information content (AvgIpc) is 3.40. The van der Waals surface area contributed by atoms with Gasteiger partial charge in [0.25, 0.3) is 5.91 Å². The summed E-state index contributed by atoms with van der Waals surface area (Å²) < 4.78 is 33.0. The van der Waals surface area contributed by atoms with Gasteiger partial charge in [0.05, 0.1) is 23.5 Å². The third-order valence-corrected chi connectivity index (χ3v) is 10.1. The van der Waals surface area contributed by atoms with Gasteiger partial charge in [0, 0.05) is 16.1 Å². The van der Waals surface area contributed by atoms with Gasteiger partial charge >= 0.3 is 5.97 Å². The van der Waals surface area contributed by atoms with E-state index < -0.39 is 57.7 Å². The highest BCUT2D eigenvalue weighted by molar-refractivity contribution is 7.92. The van der Waals surface area contributed by atoms with Crippen LogP contribution in [0.3, 0.4) is 0 Å². The Hall–Kier alpha value is -2.13. The van der Waals surface area contributed by atoms with Crippen molar-refractivity contribution in [2.24, 2.45) is 0 Å². The monoisotopic (exact) mass is 567 g/mol. The third-order valence-electron chi connectivity index (χ3n) is 7.28. The highest BCUT2D eigenvalue weighted by Gasteiger charge is 2.48. The number of halogens is 2. The molecule has 1 aliphatic carbocycles. The Labute approximate surface area is 227 Å². The fourth-order valence-electron chi connectivity index (χ4n) is 5.45. The van der Waals surface area contributed by atoms with Crippen molar-refractivity contribution in [2.75, 3.05) is 5.75 Å². The number of nitrogens with zero attached hydrogens (tertiary/aromatic N) is 1. The van der Waals surface area contributed by atoms with Crippen molar-refractivity contribution in [1.29, 1.82) is 0 Å². The number of carboxylic acid groups (broad SMARTS) is 1. The molecule has 0 unspecified atom stereocenters. The first kappa shape index (κ1) is 27.9. The van der Waals surface area contributed by atoms with Gasteiger partial charge in [-0.3, -0.25) is 9.59 Å². The third kappa shape index (κ3) is 6.30. The van der Waals surface area contributed by atoms with Crippen LogP contribution in [0.5, 0.6) is 0 Å². The van der Waals surface area contributed by atoms with Crippen LogP contribution < -0.4 is 0 Å². The predicted octanol–water partition coefficient (Wildman–Crippen LogP) is 5.61. The summed E-state index contributed by atoms with van der Waals surface area (Å²) in [6, 6.07) is 12.6. The van der Waals surface area contributed by atoms with Crippen molar-refractivity contribution in [1.82, 2.24) is 4.90 Å². The number of aliphatic carboxylic acids is 1. The van der Waals surface area contributed by atoms with Crippen molar-refractivity contribution in [3.05, 3.63) is 69.7 Å². The predicted molar refractivity (Wildman–Crippen MR) is 142 cm³/mol. The Kier molecular flexibility index (Phi) is 8.84. The second kappa shape index (κ2) is 11.7. The lowest BCUT2D eigenvalue weighted by molar-refractivity contribution is -0.182. The zero-order chi connectivity index (χ0) is 26.7. The first-order valence-corrected chi connectivity index (χ1v) is 15.0. The van der Waals surface area contributed by atoms with Crippen molar-refractivity contribution in [2.45, 2.75) is 75.0 Å². The zero-order valence-electron chi connectivity index (χ0n) is 20.6. The number of morpholine rings is 1. The number of carbonyl (C=O) groups is 2. The number of rotatable bonds is 9. The van der Waals surface area contributed by atoms with Gasteiger partial charge in [-0.15, -0.1) is 0 Å². The molecule has 7 nitrogen and oxygen atoms in total. The molecule has 1 heterocycles. The summed E-state index contributed by atoms with van der Waals surface area (Å²) in [6.45, 7) is 1.84. The number of carbonyl (C=O) groups excluding carboxylic acids is 1. The van der Waals surface area contributed by atoms with Gasteiger partial charge < -0.3 is 14.7 Å². The van der Waals surface area contributed by atoms with Crippen molar-refractivity contribution in [3.8, 4) is 0 Å². The molecule has 2 aromatic carbocycles. The first-order valence-electron chi connectivity index (χ1n) is 12.5. The van der Waals surface area contributed by atoms with Crippen LogP contribution in [0.25, 0.3) is 0 Å². The lowest BCUT2D eigenvalue weighted by atomic mass is 9.89. The SMILES string of the molecule is CC[C@@H](CS(=O)(=O)C1CCCC1)N1C(=O)[C@@H](CC(=O)O)O[C@H](c2cccc(Cl)c2)[C@H]1c1ccc(Cl)cc1. The van der Waals surface area contributed by atoms with Crippen LogP contribution in [0.2, 0.25) is 10.0 Å². The molecule has 2 fully saturated rings. The molecule has 2 aromatic rings. The lowest BCUT2D eigenvalue weighted by Gasteiger charge is -2.48. The molecule has 1 amide bonds. The molecule has 1 saturated carbocycles. The maximum atomic E-state index is 13.9. The summed E-state index contributed by atoms with van der Waals surface area (Å²) in [5.74, 6) is -1.90. The van der Waals surface area contributed by atoms with E-state index in [1.807, 2.05) is 13.0 Å². The molecular formula is C27H31Cl2NO6S. The number of hydrogen-bond acceptors (Lipinski definition) is 5. The fraction of sp³-hybridized carbons (Fsp3) is 0.481. The molecule has 4 rings (SSSR count). The van der Waals surface area contributed by atoms with Crippen LogP contribution in [0.4, 0.5) is 0 Å². The molecule has 1 aliphatic heterocycles. The van der Waals surface area contributed by atoms with Crippen molar-refractivity contribution in [3.63, 3.8) is 0 Å². The summed E-state index contributed by atoms with van der Waals surface area (Å²) >= 11 is 12.4. The number of sulfone groups is 1. The van der Waals surface area contributed by atoms with Gasteiger partial charge in [0.1, 0.15) is 12.2 Å². The topological polar surface area (TPSA) is 101 Å². The molecule has 37 heavy (non-hydrogen) atoms. The van der Waals surface area contributed by atoms with Gasteiger partial charge in [-0.1, -0.05) is 67.2 Å². The van der Waals surface area contributed by atoms with E-state index >= 15 is 0 Å². The highest BCUT2D eigenvalue weighted by atomic mass is 35.5. The molecule has 0 bridgehead atoms. The second-order valence-electron chi connectivity index (χ2n) is 9.74. The number of hydrogen-bond donors (Lipinski definition) is 1. The van der Waals surface area contributed by atoms with E-state index in [9.17, 15) is 23.1 Å². The lowest BCUT2D eigenvalue weighted by Crippen LogP contribution is -2.56. The quantitative estimate of drug-likeness (QED) is 0.422. The fourth-order valence-corrected chi connectivity index (χ4v) is 8.03. The van der Waals surface area contributed by atoms with E-state index in [0.29, 0.717) is 40.4 Å². The molecule has 1 saturated heterocycles. The summed E-state index contributed by atoms with van der Waals surface area (Å²) in [7, 11) is -3.48. The molecule has 2 aliphatic rings. The van der Waals surface area contributed by atoms with Gasteiger partial charge in [0.2, 0.25) is 0 Å². The molecule has 1 N–H and O–H groups in total. The van der Waals surface area contributed by atoms with E-state index in [0.717, 1.165) is 12.8 Å². The minimum Gasteiger partial charge on any atom is -0.481 e. The second-order valence-corrected chi connectivity index (χ2v) is 12.9. The summed E-state index contributed by atoms with van der Waals surface area (Å²) in [5, 5.41) is 10.1. The maximum absolute atomic E-state index is 13.9. The standard InChI is InChI=1S/C27H31Cl2NO6S/c1-2-21(16-37(34,35)22-8-3-4-9-22)30-25(17-10-12-19(28)13-11-17)26(18-6-5-7-20(29)14-18)36-23(27(30)33)15-24(31)32/h5-7,10-14,21-23,25-26H,2-4,8-9,15-16H2,1H3,(H,31,32)/t21-,23+,25+,26+/m0/s1. The average molecular weight is 569 g/mol. The van der Waals surface area contributed by atoms with Crippen molar-refractivity contribution >= 4 is 44.9 Å². The van der Waals surface area contributed by atoms with Gasteiger partial charge in [0.15, 0.2) is 9.84 Å². The molecule has 200 valence electrons. The Bertz CT molecular complexity index is 1230. The maximum Gasteiger partial charge on any atom is 0.306 e. The first-order chi connectivity index (χ1) is 17.6. The van der Waals surface area contributed by atoms with E-state index in [-0.39, 0.29) is 5.75 Å². The summed E-state index contributed by atoms with van der Waals surface area (Å²) in [6.07, 6.45) is 0.810. The van der Waals surface area contributed by atoms with E-state index in [4.69, 9.17) is 27.9 Å². The van der Waals surface area contributed by atoms with Crippen LogP contribution in [-0.4, -0.2) is 53.4 Å². The zero-order valence-corrected chi connectivity index (χ0v) is 22.9. The number of amides is 1. The molecular weight excluding hydrogens is 537 g/mol. The highest BCUT2D eigenvalue weighted by Crippen LogP contribution is 2.45. The van der Waals surface area contributed by atoms with Gasteiger partial charge in [-0.2, -0.15) is 0 Å². The minimum absolute atomic E-state index is 0.188. The molecule has 0 spiro atoms. The number of ether oxygens (including phenoxy) is 1. The van der Waals surface area contributed by atoms with Gasteiger partial charge in [-0.05, 0) is 54.7 Å². The number of carboxylic acids is 1.